The molecule has 1 aromatic rings. The molecule has 0 aliphatic heterocycles. The van der Waals surface area contributed by atoms with Crippen LogP contribution in [0.4, 0.5) is 0 Å². The highest BCUT2D eigenvalue weighted by atomic mass is 16.5. The zero-order valence-corrected chi connectivity index (χ0v) is 9.28. The molecule has 0 saturated carbocycles. The molecule has 0 radical (unpaired) electrons. The van der Waals surface area contributed by atoms with Crippen molar-refractivity contribution in [2.45, 2.75) is 13.0 Å². The van der Waals surface area contributed by atoms with E-state index < -0.39 is 6.10 Å². The van der Waals surface area contributed by atoms with E-state index in [1.165, 1.54) is 0 Å². The maximum atomic E-state index is 9.89. The summed E-state index contributed by atoms with van der Waals surface area (Å²) < 4.78 is 10.4. The van der Waals surface area contributed by atoms with Gasteiger partial charge in [-0.15, -0.1) is 0 Å². The minimum absolute atomic E-state index is 0.551. The zero-order chi connectivity index (χ0) is 11.4. The van der Waals surface area contributed by atoms with Crippen molar-refractivity contribution >= 4 is 0 Å². The highest BCUT2D eigenvalue weighted by Crippen LogP contribution is 2.36. The summed E-state index contributed by atoms with van der Waals surface area (Å²) in [7, 11) is 3.11. The third-order valence-electron chi connectivity index (χ3n) is 2.19. The third kappa shape index (κ3) is 2.30. The van der Waals surface area contributed by atoms with Gasteiger partial charge in [-0.1, -0.05) is 18.7 Å². The average molecular weight is 208 g/mol. The summed E-state index contributed by atoms with van der Waals surface area (Å²) in [6.45, 7) is 5.48. The number of aliphatic hydroxyl groups is 1. The maximum absolute atomic E-state index is 9.89. The van der Waals surface area contributed by atoms with E-state index in [1.54, 1.807) is 33.3 Å². The minimum atomic E-state index is -0.727. The number of benzene rings is 1. The number of ether oxygens (including phenoxy) is 2. The van der Waals surface area contributed by atoms with Gasteiger partial charge in [-0.3, -0.25) is 0 Å². The van der Waals surface area contributed by atoms with E-state index in [2.05, 4.69) is 6.58 Å². The van der Waals surface area contributed by atoms with Crippen LogP contribution in [0.1, 0.15) is 18.6 Å². The molecule has 3 nitrogen and oxygen atoms in total. The smallest absolute Gasteiger partial charge is 0.166 e. The van der Waals surface area contributed by atoms with Gasteiger partial charge in [-0.2, -0.15) is 0 Å². The van der Waals surface area contributed by atoms with E-state index >= 15 is 0 Å². The summed E-state index contributed by atoms with van der Waals surface area (Å²) in [6.07, 6.45) is -0.727. The lowest BCUT2D eigenvalue weighted by atomic mass is 10.0. The summed E-state index contributed by atoms with van der Waals surface area (Å²) in [5.41, 5.74) is 1.34. The van der Waals surface area contributed by atoms with Crippen molar-refractivity contribution in [2.24, 2.45) is 0 Å². The Morgan fingerprint density at radius 1 is 1.33 bits per heavy atom. The number of methoxy groups -OCH3 is 2. The molecule has 0 bridgehead atoms. The first kappa shape index (κ1) is 11.6. The number of para-hydroxylation sites is 1. The zero-order valence-electron chi connectivity index (χ0n) is 9.28. The molecule has 15 heavy (non-hydrogen) atoms. The summed E-state index contributed by atoms with van der Waals surface area (Å²) >= 11 is 0. The molecule has 0 spiro atoms. The average Bonchev–Trinajstić information content (AvgIpc) is 2.26. The second-order valence-corrected chi connectivity index (χ2v) is 3.33. The van der Waals surface area contributed by atoms with Crippen molar-refractivity contribution in [3.05, 3.63) is 35.9 Å². The summed E-state index contributed by atoms with van der Waals surface area (Å²) in [6, 6.07) is 5.39. The molecule has 1 rings (SSSR count). The molecular weight excluding hydrogens is 192 g/mol. The van der Waals surface area contributed by atoms with Crippen molar-refractivity contribution in [1.82, 2.24) is 0 Å². The standard InChI is InChI=1S/C12H16O3/c1-8(2)11(13)9-6-5-7-10(14-3)12(9)15-4/h5-7,11,13H,1H2,2-4H3. The molecule has 3 heteroatoms. The van der Waals surface area contributed by atoms with E-state index in [4.69, 9.17) is 9.47 Å². The molecule has 0 aliphatic carbocycles. The van der Waals surface area contributed by atoms with Gasteiger partial charge in [-0.25, -0.2) is 0 Å². The number of hydrogen-bond acceptors (Lipinski definition) is 3. The van der Waals surface area contributed by atoms with Crippen molar-refractivity contribution in [2.75, 3.05) is 14.2 Å². The van der Waals surface area contributed by atoms with Crippen LogP contribution >= 0.6 is 0 Å². The maximum Gasteiger partial charge on any atom is 0.166 e. The van der Waals surface area contributed by atoms with Crippen LogP contribution in [0, 0.1) is 0 Å². The van der Waals surface area contributed by atoms with Crippen LogP contribution < -0.4 is 9.47 Å². The first-order valence-corrected chi connectivity index (χ1v) is 4.66. The predicted octanol–water partition coefficient (Wildman–Crippen LogP) is 2.31. The van der Waals surface area contributed by atoms with Crippen LogP contribution in [0.25, 0.3) is 0 Å². The molecule has 1 aromatic carbocycles. The number of hydrogen-bond donors (Lipinski definition) is 1. The minimum Gasteiger partial charge on any atom is -0.493 e. The second-order valence-electron chi connectivity index (χ2n) is 3.33. The fourth-order valence-corrected chi connectivity index (χ4v) is 1.39. The molecule has 1 atom stereocenters. The van der Waals surface area contributed by atoms with Crippen molar-refractivity contribution in [3.63, 3.8) is 0 Å². The Bertz CT molecular complexity index is 358. The first-order valence-electron chi connectivity index (χ1n) is 4.66. The van der Waals surface area contributed by atoms with Gasteiger partial charge in [0.15, 0.2) is 11.5 Å². The lowest BCUT2D eigenvalue weighted by molar-refractivity contribution is 0.209. The SMILES string of the molecule is C=C(C)C(O)c1cccc(OC)c1OC. The van der Waals surface area contributed by atoms with Crippen LogP contribution in [0.2, 0.25) is 0 Å². The highest BCUT2D eigenvalue weighted by molar-refractivity contribution is 5.49. The van der Waals surface area contributed by atoms with Gasteiger partial charge in [0.25, 0.3) is 0 Å². The van der Waals surface area contributed by atoms with Crippen LogP contribution in [0.15, 0.2) is 30.4 Å². The Morgan fingerprint density at radius 2 is 2.00 bits per heavy atom. The lowest BCUT2D eigenvalue weighted by Crippen LogP contribution is -2.02. The molecule has 0 heterocycles. The van der Waals surface area contributed by atoms with Crippen LogP contribution in [0.3, 0.4) is 0 Å². The molecule has 0 aliphatic rings. The molecule has 82 valence electrons. The van der Waals surface area contributed by atoms with Crippen LogP contribution in [-0.2, 0) is 0 Å². The van der Waals surface area contributed by atoms with Gasteiger partial charge in [-0.05, 0) is 18.6 Å². The molecule has 0 fully saturated rings. The van der Waals surface area contributed by atoms with Crippen molar-refractivity contribution < 1.29 is 14.6 Å². The van der Waals surface area contributed by atoms with Gasteiger partial charge >= 0.3 is 0 Å². The third-order valence-corrected chi connectivity index (χ3v) is 2.19. The largest absolute Gasteiger partial charge is 0.493 e. The first-order chi connectivity index (χ1) is 7.11. The Morgan fingerprint density at radius 3 is 2.47 bits per heavy atom. The highest BCUT2D eigenvalue weighted by Gasteiger charge is 2.16. The molecule has 1 N–H and O–H groups in total. The van der Waals surface area contributed by atoms with E-state index in [0.717, 1.165) is 0 Å². The van der Waals surface area contributed by atoms with Gasteiger partial charge in [0.05, 0.1) is 14.2 Å². The van der Waals surface area contributed by atoms with E-state index in [1.807, 2.05) is 6.07 Å². The van der Waals surface area contributed by atoms with Gasteiger partial charge in [0.2, 0.25) is 0 Å². The van der Waals surface area contributed by atoms with Gasteiger partial charge in [0.1, 0.15) is 6.10 Å². The Labute approximate surface area is 90.0 Å². The van der Waals surface area contributed by atoms with E-state index in [0.29, 0.717) is 22.6 Å². The van der Waals surface area contributed by atoms with Gasteiger partial charge in [0, 0.05) is 5.56 Å². The predicted molar refractivity (Wildman–Crippen MR) is 59.3 cm³/mol. The normalized spacial score (nSPS) is 12.0. The molecule has 0 saturated heterocycles. The monoisotopic (exact) mass is 208 g/mol. The Hall–Kier alpha value is -1.48. The number of aliphatic hydroxyl groups excluding tert-OH is 1. The molecule has 0 aromatic heterocycles. The molecular formula is C12H16O3. The summed E-state index contributed by atoms with van der Waals surface area (Å²) in [4.78, 5) is 0. The molecule has 1 unspecified atom stereocenters. The quantitative estimate of drug-likeness (QED) is 0.772. The fraction of sp³-hybridized carbons (Fsp3) is 0.333. The summed E-state index contributed by atoms with van der Waals surface area (Å²) in [5.74, 6) is 1.16. The van der Waals surface area contributed by atoms with Crippen LogP contribution in [0.5, 0.6) is 11.5 Å². The van der Waals surface area contributed by atoms with Crippen LogP contribution in [-0.4, -0.2) is 19.3 Å². The number of rotatable bonds is 4. The second kappa shape index (κ2) is 4.84. The fourth-order valence-electron chi connectivity index (χ4n) is 1.39. The Balaban J connectivity index is 3.22. The van der Waals surface area contributed by atoms with E-state index in [-0.39, 0.29) is 0 Å². The van der Waals surface area contributed by atoms with Gasteiger partial charge < -0.3 is 14.6 Å². The topological polar surface area (TPSA) is 38.7 Å². The van der Waals surface area contributed by atoms with Crippen molar-refractivity contribution in [1.29, 1.82) is 0 Å². The Kier molecular flexibility index (Phi) is 3.74. The summed E-state index contributed by atoms with van der Waals surface area (Å²) in [5, 5.41) is 9.89. The van der Waals surface area contributed by atoms with Crippen molar-refractivity contribution in [3.8, 4) is 11.5 Å². The lowest BCUT2D eigenvalue weighted by Gasteiger charge is -2.16. The van der Waals surface area contributed by atoms with E-state index in [9.17, 15) is 5.11 Å². The molecule has 0 amide bonds.